The van der Waals surface area contributed by atoms with Crippen molar-refractivity contribution in [1.29, 1.82) is 0 Å². The first kappa shape index (κ1) is 19.3. The number of rotatable bonds is 6. The summed E-state index contributed by atoms with van der Waals surface area (Å²) in [4.78, 5) is 14.5. The van der Waals surface area contributed by atoms with Gasteiger partial charge in [-0.15, -0.1) is 0 Å². The van der Waals surface area contributed by atoms with Gasteiger partial charge in [-0.3, -0.25) is 9.69 Å². The molecule has 0 radical (unpaired) electrons. The molecule has 3 saturated heterocycles. The molecular formula is C18H28N4O3S. The lowest BCUT2D eigenvalue weighted by Crippen LogP contribution is -2.49. The van der Waals surface area contributed by atoms with Crippen LogP contribution in [0.15, 0.2) is 30.3 Å². The van der Waals surface area contributed by atoms with Crippen molar-refractivity contribution in [3.8, 4) is 0 Å². The third-order valence-corrected chi connectivity index (χ3v) is 7.13. The molecule has 8 heteroatoms. The van der Waals surface area contributed by atoms with Crippen LogP contribution in [-0.2, 0) is 21.5 Å². The minimum atomic E-state index is -3.41. The van der Waals surface area contributed by atoms with Gasteiger partial charge in [0.25, 0.3) is 10.2 Å². The molecule has 2 bridgehead atoms. The maximum absolute atomic E-state index is 12.5. The first-order chi connectivity index (χ1) is 12.4. The number of hydrogen-bond donors (Lipinski definition) is 1. The van der Waals surface area contributed by atoms with Gasteiger partial charge in [0.05, 0.1) is 6.54 Å². The van der Waals surface area contributed by atoms with Crippen LogP contribution in [-0.4, -0.2) is 74.2 Å². The van der Waals surface area contributed by atoms with Crippen LogP contribution in [0.2, 0.25) is 0 Å². The molecule has 144 valence electrons. The highest BCUT2D eigenvalue weighted by atomic mass is 32.2. The monoisotopic (exact) mass is 380 g/mol. The summed E-state index contributed by atoms with van der Waals surface area (Å²) in [6, 6.07) is 9.93. The topological polar surface area (TPSA) is 73.0 Å². The van der Waals surface area contributed by atoms with Crippen molar-refractivity contribution in [3.63, 3.8) is 0 Å². The van der Waals surface area contributed by atoms with Crippen molar-refractivity contribution in [2.45, 2.75) is 25.4 Å². The maximum Gasteiger partial charge on any atom is 0.281 e. The molecule has 3 heterocycles. The molecular weight excluding hydrogens is 352 g/mol. The molecule has 0 saturated carbocycles. The van der Waals surface area contributed by atoms with E-state index >= 15 is 0 Å². The van der Waals surface area contributed by atoms with E-state index in [-0.39, 0.29) is 17.9 Å². The Morgan fingerprint density at radius 3 is 2.58 bits per heavy atom. The molecule has 1 aromatic carbocycles. The summed E-state index contributed by atoms with van der Waals surface area (Å²) in [5.41, 5.74) is 1.07. The Bertz CT molecular complexity index is 723. The minimum Gasteiger partial charge on any atom is -0.351 e. The zero-order valence-electron chi connectivity index (χ0n) is 15.5. The summed E-state index contributed by atoms with van der Waals surface area (Å²) >= 11 is 0. The van der Waals surface area contributed by atoms with Crippen molar-refractivity contribution in [3.05, 3.63) is 35.9 Å². The quantitative estimate of drug-likeness (QED) is 0.780. The Balaban J connectivity index is 1.59. The Hall–Kier alpha value is -1.48. The number of carbonyl (C=O) groups excluding carboxylic acids is 1. The Morgan fingerprint density at radius 2 is 1.88 bits per heavy atom. The standard InChI is InChI=1S/C18H28N4O3S/c1-20(2)26(24,25)22-12-16-8-9-17(13-22)21(11-16)14-18(23)19-10-15-6-4-3-5-7-15/h3-7,16-17H,8-14H2,1-2H3,(H,19,23)/t16-,17-/m1/s1. The van der Waals surface area contributed by atoms with Gasteiger partial charge in [-0.2, -0.15) is 17.0 Å². The van der Waals surface area contributed by atoms with E-state index in [4.69, 9.17) is 0 Å². The summed E-state index contributed by atoms with van der Waals surface area (Å²) in [5.74, 6) is 0.272. The number of benzene rings is 1. The Kier molecular flexibility index (Phi) is 5.96. The molecule has 0 aliphatic carbocycles. The molecule has 0 unspecified atom stereocenters. The highest BCUT2D eigenvalue weighted by molar-refractivity contribution is 7.86. The first-order valence-corrected chi connectivity index (χ1v) is 10.5. The normalized spacial score (nSPS) is 24.6. The van der Waals surface area contributed by atoms with Crippen LogP contribution in [0.25, 0.3) is 0 Å². The molecule has 0 aromatic heterocycles. The van der Waals surface area contributed by atoms with Gasteiger partial charge >= 0.3 is 0 Å². The number of fused-ring (bicyclic) bond motifs is 4. The predicted octanol–water partition coefficient (Wildman–Crippen LogP) is 0.505. The second-order valence-electron chi connectivity index (χ2n) is 7.40. The number of amides is 1. The van der Waals surface area contributed by atoms with Crippen molar-refractivity contribution >= 4 is 16.1 Å². The SMILES string of the molecule is CN(C)S(=O)(=O)N1C[C@@H]2CC[C@H](C1)N(CC(=O)NCc1ccccc1)C2. The summed E-state index contributed by atoms with van der Waals surface area (Å²) < 4.78 is 27.9. The fourth-order valence-electron chi connectivity index (χ4n) is 3.79. The molecule has 26 heavy (non-hydrogen) atoms. The Morgan fingerprint density at radius 1 is 1.15 bits per heavy atom. The number of piperidine rings is 1. The van der Waals surface area contributed by atoms with E-state index in [0.717, 1.165) is 24.9 Å². The second-order valence-corrected chi connectivity index (χ2v) is 9.54. The molecule has 3 aliphatic heterocycles. The van der Waals surface area contributed by atoms with Crippen LogP contribution in [0, 0.1) is 5.92 Å². The number of hydrogen-bond acceptors (Lipinski definition) is 4. The molecule has 4 rings (SSSR count). The van der Waals surface area contributed by atoms with Gasteiger partial charge in [-0.1, -0.05) is 30.3 Å². The van der Waals surface area contributed by atoms with E-state index in [2.05, 4.69) is 10.2 Å². The van der Waals surface area contributed by atoms with E-state index in [9.17, 15) is 13.2 Å². The molecule has 1 aromatic rings. The largest absolute Gasteiger partial charge is 0.351 e. The summed E-state index contributed by atoms with van der Waals surface area (Å²) in [6.45, 7) is 2.62. The van der Waals surface area contributed by atoms with Gasteiger partial charge in [0.1, 0.15) is 0 Å². The van der Waals surface area contributed by atoms with Crippen molar-refractivity contribution in [1.82, 2.24) is 18.8 Å². The van der Waals surface area contributed by atoms with E-state index in [1.165, 1.54) is 4.31 Å². The van der Waals surface area contributed by atoms with Crippen LogP contribution in [0.5, 0.6) is 0 Å². The van der Waals surface area contributed by atoms with Gasteiger partial charge in [0.15, 0.2) is 0 Å². The molecule has 2 atom stereocenters. The van der Waals surface area contributed by atoms with Crippen LogP contribution in [0.4, 0.5) is 0 Å². The third-order valence-electron chi connectivity index (χ3n) is 5.26. The predicted molar refractivity (Wildman–Crippen MR) is 101 cm³/mol. The average molecular weight is 381 g/mol. The highest BCUT2D eigenvalue weighted by Gasteiger charge is 2.40. The van der Waals surface area contributed by atoms with Gasteiger partial charge < -0.3 is 5.32 Å². The highest BCUT2D eigenvalue weighted by Crippen LogP contribution is 2.29. The van der Waals surface area contributed by atoms with Crippen molar-refractivity contribution in [2.75, 3.05) is 40.3 Å². The zero-order valence-corrected chi connectivity index (χ0v) is 16.3. The van der Waals surface area contributed by atoms with Crippen molar-refractivity contribution < 1.29 is 13.2 Å². The van der Waals surface area contributed by atoms with Crippen molar-refractivity contribution in [2.24, 2.45) is 5.92 Å². The van der Waals surface area contributed by atoms with Gasteiger partial charge in [0, 0.05) is 46.3 Å². The van der Waals surface area contributed by atoms with E-state index in [1.54, 1.807) is 18.4 Å². The average Bonchev–Trinajstić information content (AvgIpc) is 2.93. The van der Waals surface area contributed by atoms with Gasteiger partial charge in [0.2, 0.25) is 5.91 Å². The molecule has 3 fully saturated rings. The van der Waals surface area contributed by atoms with Gasteiger partial charge in [-0.05, 0) is 24.3 Å². The maximum atomic E-state index is 12.5. The Labute approximate surface area is 156 Å². The van der Waals surface area contributed by atoms with Crippen LogP contribution >= 0.6 is 0 Å². The smallest absolute Gasteiger partial charge is 0.281 e. The zero-order chi connectivity index (χ0) is 18.7. The molecule has 3 aliphatic rings. The van der Waals surface area contributed by atoms with Crippen LogP contribution < -0.4 is 5.32 Å². The number of nitrogens with one attached hydrogen (secondary N) is 1. The second kappa shape index (κ2) is 8.04. The fourth-order valence-corrected chi connectivity index (χ4v) is 5.01. The van der Waals surface area contributed by atoms with E-state index in [0.29, 0.717) is 26.2 Å². The lowest BCUT2D eigenvalue weighted by molar-refractivity contribution is -0.123. The minimum absolute atomic E-state index is 0.0107. The molecule has 1 amide bonds. The van der Waals surface area contributed by atoms with E-state index in [1.807, 2.05) is 30.3 Å². The number of nitrogens with zero attached hydrogens (tertiary/aromatic N) is 3. The summed E-state index contributed by atoms with van der Waals surface area (Å²) in [5, 5.41) is 2.97. The molecule has 1 N–H and O–H groups in total. The van der Waals surface area contributed by atoms with Crippen LogP contribution in [0.1, 0.15) is 18.4 Å². The molecule has 0 spiro atoms. The lowest BCUT2D eigenvalue weighted by Gasteiger charge is -2.35. The fraction of sp³-hybridized carbons (Fsp3) is 0.611. The van der Waals surface area contributed by atoms with E-state index < -0.39 is 10.2 Å². The molecule has 7 nitrogen and oxygen atoms in total. The van der Waals surface area contributed by atoms with Crippen LogP contribution in [0.3, 0.4) is 0 Å². The third kappa shape index (κ3) is 4.43. The summed E-state index contributed by atoms with van der Waals surface area (Å²) in [6.07, 6.45) is 1.96. The number of carbonyl (C=O) groups is 1. The lowest BCUT2D eigenvalue weighted by atomic mass is 9.95. The van der Waals surface area contributed by atoms with Gasteiger partial charge in [-0.25, -0.2) is 0 Å². The first-order valence-electron chi connectivity index (χ1n) is 9.08. The summed E-state index contributed by atoms with van der Waals surface area (Å²) in [7, 11) is -0.275.